The van der Waals surface area contributed by atoms with Crippen LogP contribution in [0.25, 0.3) is 0 Å². The Bertz CT molecular complexity index is 1320. The van der Waals surface area contributed by atoms with Crippen LogP contribution in [0.1, 0.15) is 28.2 Å². The molecule has 3 aliphatic carbocycles. The summed E-state index contributed by atoms with van der Waals surface area (Å²) in [5, 5.41) is 11.2. The van der Waals surface area contributed by atoms with Gasteiger partial charge in [0.2, 0.25) is 11.8 Å². The second kappa shape index (κ2) is 6.44. The molecule has 0 radical (unpaired) electrons. The van der Waals surface area contributed by atoms with E-state index < -0.39 is 41.0 Å². The molecule has 3 aromatic rings. The lowest BCUT2D eigenvalue weighted by Gasteiger charge is -2.51. The summed E-state index contributed by atoms with van der Waals surface area (Å²) in [7, 11) is 0. The highest BCUT2D eigenvalue weighted by Crippen LogP contribution is 2.64. The van der Waals surface area contributed by atoms with E-state index in [9.17, 15) is 19.5 Å². The molecular weight excluding hydrogens is 449 g/mol. The van der Waals surface area contributed by atoms with Gasteiger partial charge in [0.15, 0.2) is 0 Å². The number of amides is 2. The molecule has 2 unspecified atom stereocenters. The van der Waals surface area contributed by atoms with Crippen molar-refractivity contribution >= 4 is 46.7 Å². The second-order valence-corrected chi connectivity index (χ2v) is 9.22. The molecule has 0 saturated carbocycles. The van der Waals surface area contributed by atoms with Crippen molar-refractivity contribution in [3.63, 3.8) is 0 Å². The average Bonchev–Trinajstić information content (AvgIpc) is 3.05. The van der Waals surface area contributed by atoms with Gasteiger partial charge in [-0.15, -0.1) is 0 Å². The van der Waals surface area contributed by atoms with Crippen molar-refractivity contribution in [2.45, 2.75) is 11.3 Å². The van der Waals surface area contributed by atoms with Crippen molar-refractivity contribution < 1.29 is 19.5 Å². The molecule has 4 aliphatic rings. The predicted octanol–water partition coefficient (Wildman–Crippen LogP) is 4.63. The van der Waals surface area contributed by atoms with Crippen LogP contribution >= 0.6 is 23.2 Å². The summed E-state index contributed by atoms with van der Waals surface area (Å²) in [6, 6.07) is 19.0. The van der Waals surface area contributed by atoms with E-state index in [1.165, 1.54) is 12.1 Å². The Morgan fingerprint density at radius 3 is 2.03 bits per heavy atom. The second-order valence-electron chi connectivity index (χ2n) is 8.38. The minimum atomic E-state index is -1.66. The molecule has 2 bridgehead atoms. The molecule has 32 heavy (non-hydrogen) atoms. The lowest BCUT2D eigenvalue weighted by molar-refractivity contribution is -0.149. The molecular formula is C25H15Cl2NO4. The molecule has 2 amide bonds. The Morgan fingerprint density at radius 2 is 1.47 bits per heavy atom. The minimum Gasteiger partial charge on any atom is -0.480 e. The van der Waals surface area contributed by atoms with E-state index in [2.05, 4.69) is 0 Å². The number of rotatable bonds is 2. The Labute approximate surface area is 193 Å². The third kappa shape index (κ3) is 2.13. The molecule has 1 heterocycles. The fourth-order valence-corrected chi connectivity index (χ4v) is 6.53. The largest absolute Gasteiger partial charge is 0.480 e. The van der Waals surface area contributed by atoms with Gasteiger partial charge in [-0.05, 0) is 40.5 Å². The quantitative estimate of drug-likeness (QED) is 0.562. The lowest BCUT2D eigenvalue weighted by Crippen LogP contribution is -2.57. The number of carboxylic acids is 1. The van der Waals surface area contributed by atoms with Crippen LogP contribution in [0.3, 0.4) is 0 Å². The summed E-state index contributed by atoms with van der Waals surface area (Å²) in [4.78, 5) is 41.8. The molecule has 1 saturated heterocycles. The standard InChI is InChI=1S/C25H15Cl2NO4/c26-12-9-10-18(17(27)11-12)28-22(29)20-19-13-5-1-3-7-15(13)25(24(31)32,21(20)23(28)30)16-8-4-2-6-14(16)19/h1-11,19-21H,(H,31,32). The Balaban J connectivity index is 1.67. The predicted molar refractivity (Wildman–Crippen MR) is 119 cm³/mol. The number of benzene rings is 3. The zero-order chi connectivity index (χ0) is 22.4. The zero-order valence-corrected chi connectivity index (χ0v) is 18.0. The first-order chi connectivity index (χ1) is 15.4. The number of halogens is 2. The van der Waals surface area contributed by atoms with Crippen molar-refractivity contribution in [3.05, 3.63) is 99.0 Å². The van der Waals surface area contributed by atoms with E-state index in [-0.39, 0.29) is 10.7 Å². The number of hydrogen-bond acceptors (Lipinski definition) is 3. The molecule has 1 aliphatic heterocycles. The van der Waals surface area contributed by atoms with Gasteiger partial charge in [0.05, 0.1) is 22.5 Å². The number of carbonyl (C=O) groups excluding carboxylic acids is 2. The summed E-state index contributed by atoms with van der Waals surface area (Å²) in [5.41, 5.74) is 1.26. The van der Waals surface area contributed by atoms with Gasteiger partial charge in [-0.2, -0.15) is 0 Å². The van der Waals surface area contributed by atoms with Gasteiger partial charge in [0.25, 0.3) is 0 Å². The van der Waals surface area contributed by atoms with E-state index in [4.69, 9.17) is 23.2 Å². The summed E-state index contributed by atoms with van der Waals surface area (Å²) in [6.07, 6.45) is 0. The van der Waals surface area contributed by atoms with Gasteiger partial charge in [0, 0.05) is 10.9 Å². The first-order valence-electron chi connectivity index (χ1n) is 10.1. The van der Waals surface area contributed by atoms with E-state index >= 15 is 0 Å². The van der Waals surface area contributed by atoms with Crippen LogP contribution in [-0.4, -0.2) is 22.9 Å². The van der Waals surface area contributed by atoms with Crippen molar-refractivity contribution in [1.82, 2.24) is 0 Å². The molecule has 1 fully saturated rings. The first kappa shape index (κ1) is 19.5. The monoisotopic (exact) mass is 463 g/mol. The van der Waals surface area contributed by atoms with Gasteiger partial charge < -0.3 is 5.11 Å². The molecule has 0 spiro atoms. The van der Waals surface area contributed by atoms with Crippen LogP contribution in [0.4, 0.5) is 5.69 Å². The topological polar surface area (TPSA) is 74.7 Å². The first-order valence-corrected chi connectivity index (χ1v) is 10.9. The molecule has 5 nitrogen and oxygen atoms in total. The van der Waals surface area contributed by atoms with Gasteiger partial charge in [-0.1, -0.05) is 71.7 Å². The lowest BCUT2D eigenvalue weighted by atomic mass is 9.47. The third-order valence-electron chi connectivity index (χ3n) is 7.11. The maximum absolute atomic E-state index is 13.9. The van der Waals surface area contributed by atoms with E-state index in [0.29, 0.717) is 16.1 Å². The minimum absolute atomic E-state index is 0.157. The van der Waals surface area contributed by atoms with Gasteiger partial charge in [-0.25, -0.2) is 4.90 Å². The number of imide groups is 1. The smallest absolute Gasteiger partial charge is 0.319 e. The highest BCUT2D eigenvalue weighted by Gasteiger charge is 2.71. The average molecular weight is 464 g/mol. The molecule has 0 aromatic heterocycles. The van der Waals surface area contributed by atoms with Crippen molar-refractivity contribution in [1.29, 1.82) is 0 Å². The van der Waals surface area contributed by atoms with Crippen molar-refractivity contribution in [2.75, 3.05) is 4.90 Å². The van der Waals surface area contributed by atoms with E-state index in [1.54, 1.807) is 30.3 Å². The Kier molecular flexibility index (Phi) is 3.93. The van der Waals surface area contributed by atoms with Crippen LogP contribution in [0.5, 0.6) is 0 Å². The molecule has 7 rings (SSSR count). The molecule has 3 aromatic carbocycles. The molecule has 2 atom stereocenters. The summed E-state index contributed by atoms with van der Waals surface area (Å²) < 4.78 is 0. The summed E-state index contributed by atoms with van der Waals surface area (Å²) in [5.74, 6) is -4.47. The van der Waals surface area contributed by atoms with Crippen LogP contribution in [0.2, 0.25) is 10.0 Å². The maximum Gasteiger partial charge on any atom is 0.319 e. The molecule has 158 valence electrons. The Hall–Kier alpha value is -3.15. The van der Waals surface area contributed by atoms with E-state index in [0.717, 1.165) is 16.0 Å². The third-order valence-corrected chi connectivity index (χ3v) is 7.64. The summed E-state index contributed by atoms with van der Waals surface area (Å²) >= 11 is 12.4. The van der Waals surface area contributed by atoms with Crippen LogP contribution < -0.4 is 4.90 Å². The number of anilines is 1. The number of carboxylic acid groups (broad SMARTS) is 1. The SMILES string of the molecule is O=C1C2C3c4ccccc4C(C(=O)O)(c4ccccc43)C2C(=O)N1c1ccc(Cl)cc1Cl. The van der Waals surface area contributed by atoms with Crippen molar-refractivity contribution in [3.8, 4) is 0 Å². The fraction of sp³-hybridized carbons (Fsp3) is 0.160. The highest BCUT2D eigenvalue weighted by atomic mass is 35.5. The molecule has 1 N–H and O–H groups in total. The highest BCUT2D eigenvalue weighted by molar-refractivity contribution is 6.38. The normalized spacial score (nSPS) is 27.2. The fourth-order valence-electron chi connectivity index (χ4n) is 6.04. The number of hydrogen-bond donors (Lipinski definition) is 1. The Morgan fingerprint density at radius 1 is 0.875 bits per heavy atom. The summed E-state index contributed by atoms with van der Waals surface area (Å²) in [6.45, 7) is 0. The van der Waals surface area contributed by atoms with Gasteiger partial charge in [-0.3, -0.25) is 14.4 Å². The van der Waals surface area contributed by atoms with Gasteiger partial charge >= 0.3 is 5.97 Å². The van der Waals surface area contributed by atoms with E-state index in [1.807, 2.05) is 24.3 Å². The van der Waals surface area contributed by atoms with Crippen LogP contribution in [0, 0.1) is 11.8 Å². The number of nitrogens with zero attached hydrogens (tertiary/aromatic N) is 1. The maximum atomic E-state index is 13.9. The van der Waals surface area contributed by atoms with Crippen LogP contribution in [-0.2, 0) is 19.8 Å². The number of carbonyl (C=O) groups is 3. The van der Waals surface area contributed by atoms with Crippen LogP contribution in [0.15, 0.2) is 66.7 Å². The van der Waals surface area contributed by atoms with Gasteiger partial charge in [0.1, 0.15) is 5.41 Å². The number of aliphatic carboxylic acids is 1. The zero-order valence-electron chi connectivity index (χ0n) is 16.5. The molecule has 7 heteroatoms. The van der Waals surface area contributed by atoms with Crippen molar-refractivity contribution in [2.24, 2.45) is 11.8 Å².